The van der Waals surface area contributed by atoms with Gasteiger partial charge in [-0.25, -0.2) is 0 Å². The molecule has 0 aliphatic carbocycles. The fourth-order valence-corrected chi connectivity index (χ4v) is 2.99. The molecule has 0 amide bonds. The predicted octanol–water partition coefficient (Wildman–Crippen LogP) is 3.93. The molecule has 1 aromatic rings. The first kappa shape index (κ1) is 15.2. The smallest absolute Gasteiger partial charge is 0.0510 e. The predicted molar refractivity (Wildman–Crippen MR) is 87.5 cm³/mol. The first-order valence-electron chi connectivity index (χ1n) is 8.33. The summed E-state index contributed by atoms with van der Waals surface area (Å²) in [6.07, 6.45) is 13.0. The Hall–Kier alpha value is -1.24. The third-order valence-corrected chi connectivity index (χ3v) is 4.29. The van der Waals surface area contributed by atoms with Gasteiger partial charge in [0.1, 0.15) is 0 Å². The van der Waals surface area contributed by atoms with Crippen molar-refractivity contribution in [1.82, 2.24) is 5.32 Å². The first-order valence-corrected chi connectivity index (χ1v) is 8.33. The van der Waals surface area contributed by atoms with E-state index in [1.807, 2.05) is 6.20 Å². The summed E-state index contributed by atoms with van der Waals surface area (Å²) < 4.78 is 0. The molecular formula is C19H28N. The summed E-state index contributed by atoms with van der Waals surface area (Å²) >= 11 is 0. The normalized spacial score (nSPS) is 14.6. The monoisotopic (exact) mass is 270 g/mol. The molecule has 0 bridgehead atoms. The van der Waals surface area contributed by atoms with Gasteiger partial charge < -0.3 is 0 Å². The molecule has 1 heterocycles. The molecule has 0 aromatic heterocycles. The van der Waals surface area contributed by atoms with Crippen molar-refractivity contribution in [1.29, 1.82) is 0 Å². The summed E-state index contributed by atoms with van der Waals surface area (Å²) in [7, 11) is 0. The Morgan fingerprint density at radius 2 is 1.65 bits per heavy atom. The zero-order chi connectivity index (χ0) is 14.2. The van der Waals surface area contributed by atoms with Crippen LogP contribution in [0.2, 0.25) is 0 Å². The number of hydrogen-bond donors (Lipinski definition) is 0. The van der Waals surface area contributed by atoms with Gasteiger partial charge in [-0.15, -0.1) is 0 Å². The Bertz CT molecular complexity index is 515. The highest BCUT2D eigenvalue weighted by Crippen LogP contribution is 2.19. The molecule has 1 aromatic carbocycles. The van der Waals surface area contributed by atoms with E-state index in [1.165, 1.54) is 67.5 Å². The van der Waals surface area contributed by atoms with Crippen molar-refractivity contribution in [3.05, 3.63) is 34.7 Å². The Morgan fingerprint density at radius 3 is 2.45 bits per heavy atom. The van der Waals surface area contributed by atoms with Crippen LogP contribution in [0.4, 0.5) is 0 Å². The van der Waals surface area contributed by atoms with Crippen molar-refractivity contribution in [2.45, 2.75) is 65.2 Å². The van der Waals surface area contributed by atoms with E-state index in [0.29, 0.717) is 5.92 Å². The minimum atomic E-state index is 0.588. The Labute approximate surface area is 123 Å². The Kier molecular flexibility index (Phi) is 6.17. The van der Waals surface area contributed by atoms with Gasteiger partial charge in [0.25, 0.3) is 0 Å². The van der Waals surface area contributed by atoms with E-state index in [0.717, 1.165) is 0 Å². The average molecular weight is 270 g/mol. The number of hydrogen-bond acceptors (Lipinski definition) is 0. The molecule has 0 saturated heterocycles. The maximum Gasteiger partial charge on any atom is 0.0510 e. The lowest BCUT2D eigenvalue weighted by Crippen LogP contribution is -2.24. The van der Waals surface area contributed by atoms with Gasteiger partial charge >= 0.3 is 0 Å². The van der Waals surface area contributed by atoms with Gasteiger partial charge in [-0.1, -0.05) is 83.1 Å². The van der Waals surface area contributed by atoms with Crippen molar-refractivity contribution in [2.75, 3.05) is 0 Å². The van der Waals surface area contributed by atoms with Gasteiger partial charge in [-0.2, -0.15) is 0 Å². The average Bonchev–Trinajstić information content (AvgIpc) is 2.90. The molecule has 0 saturated carbocycles. The molecule has 109 valence electrons. The molecule has 0 spiro atoms. The summed E-state index contributed by atoms with van der Waals surface area (Å²) in [5.74, 6) is 0.588. The molecule has 1 unspecified atom stereocenters. The lowest BCUT2D eigenvalue weighted by atomic mass is 9.97. The summed E-state index contributed by atoms with van der Waals surface area (Å²) in [6.45, 7) is 4.60. The molecule has 1 radical (unpaired) electrons. The third kappa shape index (κ3) is 4.13. The summed E-state index contributed by atoms with van der Waals surface area (Å²) in [6, 6.07) is 8.58. The Morgan fingerprint density at radius 1 is 0.950 bits per heavy atom. The molecule has 20 heavy (non-hydrogen) atoms. The number of rotatable bonds is 9. The second kappa shape index (κ2) is 8.14. The van der Waals surface area contributed by atoms with Crippen molar-refractivity contribution >= 4 is 11.9 Å². The van der Waals surface area contributed by atoms with Crippen molar-refractivity contribution < 1.29 is 0 Å². The molecule has 1 heteroatoms. The van der Waals surface area contributed by atoms with Crippen molar-refractivity contribution in [2.24, 2.45) is 5.92 Å². The van der Waals surface area contributed by atoms with Gasteiger partial charge in [-0.05, 0) is 12.3 Å². The van der Waals surface area contributed by atoms with Gasteiger partial charge in [0.15, 0.2) is 0 Å². The lowest BCUT2D eigenvalue weighted by Gasteiger charge is -2.12. The van der Waals surface area contributed by atoms with Crippen LogP contribution in [0.1, 0.15) is 65.2 Å². The number of nitrogens with zero attached hydrogens (tertiary/aromatic N) is 1. The van der Waals surface area contributed by atoms with E-state index in [1.54, 1.807) is 0 Å². The van der Waals surface area contributed by atoms with Crippen LogP contribution in [0.25, 0.3) is 11.9 Å². The van der Waals surface area contributed by atoms with Crippen LogP contribution in [0, 0.1) is 5.92 Å². The topological polar surface area (TPSA) is 14.1 Å². The fourth-order valence-electron chi connectivity index (χ4n) is 2.99. The number of unbranched alkanes of at least 4 members (excludes halogenated alkanes) is 6. The lowest BCUT2D eigenvalue weighted by molar-refractivity contribution is 0.537. The summed E-state index contributed by atoms with van der Waals surface area (Å²) in [5.41, 5.74) is 1.30. The van der Waals surface area contributed by atoms with Gasteiger partial charge in [0.2, 0.25) is 0 Å². The minimum Gasteiger partial charge on any atom is -0.260 e. The second-order valence-corrected chi connectivity index (χ2v) is 6.04. The molecule has 1 aliphatic rings. The Balaban J connectivity index is 1.74. The van der Waals surface area contributed by atoms with Crippen molar-refractivity contribution in [3.8, 4) is 0 Å². The molecule has 1 nitrogen and oxygen atoms in total. The van der Waals surface area contributed by atoms with Crippen LogP contribution in [0.5, 0.6) is 0 Å². The van der Waals surface area contributed by atoms with E-state index in [-0.39, 0.29) is 0 Å². The van der Waals surface area contributed by atoms with Crippen LogP contribution in [0.3, 0.4) is 0 Å². The van der Waals surface area contributed by atoms with Gasteiger partial charge in [0.05, 0.1) is 5.70 Å². The number of fused-ring (bicyclic) bond motifs is 1. The summed E-state index contributed by atoms with van der Waals surface area (Å²) in [5, 5.41) is 7.27. The van der Waals surface area contributed by atoms with E-state index >= 15 is 0 Å². The summed E-state index contributed by atoms with van der Waals surface area (Å²) in [4.78, 5) is 0. The van der Waals surface area contributed by atoms with E-state index in [2.05, 4.69) is 43.4 Å². The van der Waals surface area contributed by atoms with Crippen molar-refractivity contribution in [3.63, 3.8) is 0 Å². The molecule has 1 atom stereocenters. The van der Waals surface area contributed by atoms with Crippen LogP contribution in [-0.4, -0.2) is 0 Å². The SMILES string of the molecule is CCCCCCCCCC(C)C1=c2ccccc2=C[N]1. The minimum absolute atomic E-state index is 0.588. The molecular weight excluding hydrogens is 242 g/mol. The zero-order valence-electron chi connectivity index (χ0n) is 13.1. The second-order valence-electron chi connectivity index (χ2n) is 6.04. The van der Waals surface area contributed by atoms with Gasteiger partial charge in [0, 0.05) is 16.6 Å². The molecule has 2 rings (SSSR count). The molecule has 1 aliphatic heterocycles. The van der Waals surface area contributed by atoms with Crippen LogP contribution >= 0.6 is 0 Å². The third-order valence-electron chi connectivity index (χ3n) is 4.29. The van der Waals surface area contributed by atoms with Crippen LogP contribution < -0.4 is 15.8 Å². The van der Waals surface area contributed by atoms with Crippen LogP contribution in [0.15, 0.2) is 24.3 Å². The highest BCUT2D eigenvalue weighted by Gasteiger charge is 2.13. The maximum absolute atomic E-state index is 4.63. The van der Waals surface area contributed by atoms with Gasteiger partial charge in [-0.3, -0.25) is 5.32 Å². The maximum atomic E-state index is 4.63. The molecule has 0 fully saturated rings. The van der Waals surface area contributed by atoms with Crippen LogP contribution in [-0.2, 0) is 0 Å². The van der Waals surface area contributed by atoms with E-state index in [4.69, 9.17) is 0 Å². The quantitative estimate of drug-likeness (QED) is 0.604. The highest BCUT2D eigenvalue weighted by atomic mass is 14.9. The standard InChI is InChI=1S/C19H28N/c1-3-4-5-6-7-8-9-12-16(2)19-18-14-11-10-13-17(18)15-20-19/h10-11,13-16H,3-9,12H2,1-2H3. The largest absolute Gasteiger partial charge is 0.260 e. The van der Waals surface area contributed by atoms with E-state index < -0.39 is 0 Å². The highest BCUT2D eigenvalue weighted by molar-refractivity contribution is 5.56. The van der Waals surface area contributed by atoms with E-state index in [9.17, 15) is 0 Å². The first-order chi connectivity index (χ1) is 9.83. The number of benzene rings is 1. The molecule has 0 N–H and O–H groups in total. The zero-order valence-corrected chi connectivity index (χ0v) is 13.1. The fraction of sp³-hybridized carbons (Fsp3) is 0.579.